The lowest BCUT2D eigenvalue weighted by Gasteiger charge is -2.28. The minimum absolute atomic E-state index is 0.0494. The molecular formula is C16H21F3N2O3. The minimum atomic E-state index is -4.46. The van der Waals surface area contributed by atoms with Crippen molar-refractivity contribution in [3.05, 3.63) is 23.8 Å². The van der Waals surface area contributed by atoms with Gasteiger partial charge in [0.1, 0.15) is 5.75 Å². The molecule has 0 radical (unpaired) electrons. The zero-order chi connectivity index (χ0) is 17.7. The summed E-state index contributed by atoms with van der Waals surface area (Å²) >= 11 is 0. The van der Waals surface area contributed by atoms with Crippen LogP contribution in [-0.2, 0) is 0 Å². The van der Waals surface area contributed by atoms with Crippen molar-refractivity contribution >= 4 is 11.7 Å². The second kappa shape index (κ2) is 7.74. The zero-order valence-corrected chi connectivity index (χ0v) is 13.3. The van der Waals surface area contributed by atoms with Gasteiger partial charge in [-0.15, -0.1) is 0 Å². The highest BCUT2D eigenvalue weighted by Crippen LogP contribution is 2.28. The fourth-order valence-electron chi connectivity index (χ4n) is 2.62. The normalized spacial score (nSPS) is 21.2. The SMILES string of the molecule is Cc1ccc(NC(=O)NC2CCCCC2O)c(OCC(F)(F)F)c1. The van der Waals surface area contributed by atoms with Gasteiger partial charge in [0.2, 0.25) is 0 Å². The predicted octanol–water partition coefficient (Wildman–Crippen LogP) is 3.36. The van der Waals surface area contributed by atoms with Crippen LogP contribution < -0.4 is 15.4 Å². The van der Waals surface area contributed by atoms with E-state index < -0.39 is 24.9 Å². The maximum Gasteiger partial charge on any atom is 0.422 e. The highest BCUT2D eigenvalue weighted by molar-refractivity contribution is 5.91. The highest BCUT2D eigenvalue weighted by atomic mass is 19.4. The number of ether oxygens (including phenoxy) is 1. The lowest BCUT2D eigenvalue weighted by molar-refractivity contribution is -0.153. The number of hydrogen-bond donors (Lipinski definition) is 3. The van der Waals surface area contributed by atoms with E-state index in [1.165, 1.54) is 12.1 Å². The molecule has 24 heavy (non-hydrogen) atoms. The first kappa shape index (κ1) is 18.4. The van der Waals surface area contributed by atoms with Gasteiger partial charge in [-0.1, -0.05) is 18.9 Å². The molecule has 0 aliphatic heterocycles. The number of aliphatic hydroxyl groups excluding tert-OH is 1. The molecule has 0 aromatic heterocycles. The van der Waals surface area contributed by atoms with Crippen LogP contribution in [0.1, 0.15) is 31.2 Å². The van der Waals surface area contributed by atoms with Crippen LogP contribution in [-0.4, -0.2) is 36.1 Å². The summed E-state index contributed by atoms with van der Waals surface area (Å²) in [5, 5.41) is 15.0. The molecule has 1 aromatic carbocycles. The molecule has 0 saturated heterocycles. The van der Waals surface area contributed by atoms with Gasteiger partial charge in [-0.2, -0.15) is 13.2 Å². The van der Waals surface area contributed by atoms with Crippen LogP contribution in [0, 0.1) is 6.92 Å². The van der Waals surface area contributed by atoms with Crippen molar-refractivity contribution in [3.8, 4) is 5.75 Å². The molecule has 5 nitrogen and oxygen atoms in total. The van der Waals surface area contributed by atoms with Crippen LogP contribution in [0.4, 0.5) is 23.7 Å². The molecule has 1 aromatic rings. The van der Waals surface area contributed by atoms with Crippen molar-refractivity contribution in [1.82, 2.24) is 5.32 Å². The van der Waals surface area contributed by atoms with E-state index >= 15 is 0 Å². The molecule has 0 bridgehead atoms. The van der Waals surface area contributed by atoms with Crippen molar-refractivity contribution in [3.63, 3.8) is 0 Å². The van der Waals surface area contributed by atoms with E-state index in [9.17, 15) is 23.1 Å². The largest absolute Gasteiger partial charge is 0.482 e. The number of benzene rings is 1. The van der Waals surface area contributed by atoms with Crippen LogP contribution in [0.3, 0.4) is 0 Å². The number of carbonyl (C=O) groups excluding carboxylic acids is 1. The molecule has 1 fully saturated rings. The first-order valence-electron chi connectivity index (χ1n) is 7.80. The number of aryl methyl sites for hydroxylation is 1. The molecule has 2 atom stereocenters. The summed E-state index contributed by atoms with van der Waals surface area (Å²) in [5.41, 5.74) is 0.855. The van der Waals surface area contributed by atoms with Crippen molar-refractivity contribution in [2.75, 3.05) is 11.9 Å². The van der Waals surface area contributed by atoms with Crippen LogP contribution >= 0.6 is 0 Å². The Balaban J connectivity index is 2.01. The third-order valence-corrected chi connectivity index (χ3v) is 3.82. The molecule has 1 saturated carbocycles. The number of rotatable bonds is 4. The van der Waals surface area contributed by atoms with Crippen molar-refractivity contribution in [2.24, 2.45) is 0 Å². The minimum Gasteiger partial charge on any atom is -0.482 e. The topological polar surface area (TPSA) is 70.6 Å². The van der Waals surface area contributed by atoms with Crippen LogP contribution in [0.15, 0.2) is 18.2 Å². The first-order chi connectivity index (χ1) is 11.2. The molecule has 2 rings (SSSR count). The van der Waals surface area contributed by atoms with Crippen LogP contribution in [0.25, 0.3) is 0 Å². The van der Waals surface area contributed by atoms with E-state index in [0.717, 1.165) is 12.8 Å². The number of hydrogen-bond acceptors (Lipinski definition) is 3. The molecule has 2 unspecified atom stereocenters. The molecule has 2 amide bonds. The maximum atomic E-state index is 12.3. The molecule has 0 heterocycles. The summed E-state index contributed by atoms with van der Waals surface area (Å²) < 4.78 is 41.8. The summed E-state index contributed by atoms with van der Waals surface area (Å²) in [5.74, 6) is -0.0494. The third kappa shape index (κ3) is 5.59. The average Bonchev–Trinajstić information content (AvgIpc) is 2.49. The molecule has 3 N–H and O–H groups in total. The van der Waals surface area contributed by atoms with E-state index in [2.05, 4.69) is 10.6 Å². The van der Waals surface area contributed by atoms with E-state index in [0.29, 0.717) is 18.4 Å². The lowest BCUT2D eigenvalue weighted by Crippen LogP contribution is -2.46. The summed E-state index contributed by atoms with van der Waals surface area (Å²) in [4.78, 5) is 12.1. The van der Waals surface area contributed by atoms with E-state index in [1.807, 2.05) is 0 Å². The third-order valence-electron chi connectivity index (χ3n) is 3.82. The number of amides is 2. The Bertz CT molecular complexity index is 578. The Morgan fingerprint density at radius 1 is 1.33 bits per heavy atom. The number of urea groups is 1. The van der Waals surface area contributed by atoms with Gasteiger partial charge in [0.25, 0.3) is 0 Å². The maximum absolute atomic E-state index is 12.3. The number of carbonyl (C=O) groups is 1. The summed E-state index contributed by atoms with van der Waals surface area (Å²) in [6.07, 6.45) is -1.96. The molecule has 1 aliphatic rings. The monoisotopic (exact) mass is 346 g/mol. The number of anilines is 1. The smallest absolute Gasteiger partial charge is 0.422 e. The molecule has 8 heteroatoms. The van der Waals surface area contributed by atoms with Gasteiger partial charge in [0.05, 0.1) is 17.8 Å². The van der Waals surface area contributed by atoms with Crippen molar-refractivity contribution in [1.29, 1.82) is 0 Å². The van der Waals surface area contributed by atoms with Gasteiger partial charge in [-0.25, -0.2) is 4.79 Å². The second-order valence-corrected chi connectivity index (χ2v) is 5.96. The van der Waals surface area contributed by atoms with E-state index in [-0.39, 0.29) is 17.5 Å². The quantitative estimate of drug-likeness (QED) is 0.783. The average molecular weight is 346 g/mol. The Kier molecular flexibility index (Phi) is 5.93. The number of nitrogens with one attached hydrogen (secondary N) is 2. The predicted molar refractivity (Wildman–Crippen MR) is 83.1 cm³/mol. The standard InChI is InChI=1S/C16H21F3N2O3/c1-10-6-7-12(14(8-10)24-9-16(17,18)19)21-15(23)20-11-4-2-3-5-13(11)22/h6-8,11,13,22H,2-5,9H2,1H3,(H2,20,21,23). The fourth-order valence-corrected chi connectivity index (χ4v) is 2.62. The summed E-state index contributed by atoms with van der Waals surface area (Å²) in [7, 11) is 0. The number of halogens is 3. The Hall–Kier alpha value is -1.96. The van der Waals surface area contributed by atoms with E-state index in [1.54, 1.807) is 13.0 Å². The van der Waals surface area contributed by atoms with Crippen LogP contribution in [0.2, 0.25) is 0 Å². The van der Waals surface area contributed by atoms with Gasteiger partial charge in [-0.05, 0) is 37.5 Å². The van der Waals surface area contributed by atoms with Crippen molar-refractivity contribution in [2.45, 2.75) is 50.9 Å². The summed E-state index contributed by atoms with van der Waals surface area (Å²) in [6, 6.07) is 3.63. The Labute approximate surface area is 138 Å². The number of alkyl halides is 3. The molecule has 0 spiro atoms. The van der Waals surface area contributed by atoms with Gasteiger partial charge in [-0.3, -0.25) is 0 Å². The Morgan fingerprint density at radius 3 is 2.71 bits per heavy atom. The zero-order valence-electron chi connectivity index (χ0n) is 13.3. The lowest BCUT2D eigenvalue weighted by atomic mass is 9.93. The first-order valence-corrected chi connectivity index (χ1v) is 7.80. The van der Waals surface area contributed by atoms with Gasteiger partial charge >= 0.3 is 12.2 Å². The fraction of sp³-hybridized carbons (Fsp3) is 0.562. The van der Waals surface area contributed by atoms with Crippen molar-refractivity contribution < 1.29 is 27.8 Å². The van der Waals surface area contributed by atoms with Gasteiger partial charge in [0.15, 0.2) is 6.61 Å². The molecule has 134 valence electrons. The van der Waals surface area contributed by atoms with E-state index in [4.69, 9.17) is 4.74 Å². The number of aliphatic hydroxyl groups is 1. The Morgan fingerprint density at radius 2 is 2.04 bits per heavy atom. The molecular weight excluding hydrogens is 325 g/mol. The van der Waals surface area contributed by atoms with Gasteiger partial charge in [0, 0.05) is 0 Å². The summed E-state index contributed by atoms with van der Waals surface area (Å²) in [6.45, 7) is 0.275. The van der Waals surface area contributed by atoms with Gasteiger partial charge < -0.3 is 20.5 Å². The van der Waals surface area contributed by atoms with Crippen LogP contribution in [0.5, 0.6) is 5.75 Å². The molecule has 1 aliphatic carbocycles. The highest BCUT2D eigenvalue weighted by Gasteiger charge is 2.29. The second-order valence-electron chi connectivity index (χ2n) is 5.96.